The summed E-state index contributed by atoms with van der Waals surface area (Å²) in [5.41, 5.74) is 5.01. The molecule has 4 nitrogen and oxygen atoms in total. The number of carbonyl (C=O) groups is 1. The maximum atomic E-state index is 11.3. The van der Waals surface area contributed by atoms with E-state index in [4.69, 9.17) is 10.8 Å². The third-order valence-corrected chi connectivity index (χ3v) is 0.836. The second-order valence-corrected chi connectivity index (χ2v) is 1.71. The minimum atomic E-state index is -1.14. The summed E-state index contributed by atoms with van der Waals surface area (Å²) in [6.07, 6.45) is 0. The summed E-state index contributed by atoms with van der Waals surface area (Å²) in [5, 5.41) is 8.18. The first-order valence-corrected chi connectivity index (χ1v) is 2.80. The summed E-state index contributed by atoms with van der Waals surface area (Å²) in [5.74, 6) is -1.14. The Hall–Kier alpha value is -0.680. The monoisotopic (exact) mass is 151 g/mol. The number of aliphatic carboxylic acids is 1. The van der Waals surface area contributed by atoms with Crippen LogP contribution in [0.2, 0.25) is 0 Å². The van der Waals surface area contributed by atoms with Gasteiger partial charge in [0.25, 0.3) is 0 Å². The van der Waals surface area contributed by atoms with Gasteiger partial charge in [-0.05, 0) is 0 Å². The van der Waals surface area contributed by atoms with Crippen molar-refractivity contribution in [1.82, 2.24) is 0 Å². The van der Waals surface area contributed by atoms with Crippen LogP contribution in [-0.2, 0) is 9.53 Å². The van der Waals surface area contributed by atoms with E-state index in [0.717, 1.165) is 0 Å². The number of hydrogen-bond acceptors (Lipinski definition) is 3. The van der Waals surface area contributed by atoms with Crippen LogP contribution in [-0.4, -0.2) is 37.0 Å². The lowest BCUT2D eigenvalue weighted by atomic mass is 10.3. The average molecular weight is 151 g/mol. The molecule has 3 N–H and O–H groups in total. The number of nitrogens with two attached hydrogens (primary N) is 1. The summed E-state index contributed by atoms with van der Waals surface area (Å²) >= 11 is 0. The SMILES string of the molecule is N[C@@H](COCCF)C(=O)O. The summed E-state index contributed by atoms with van der Waals surface area (Å²) in [4.78, 5) is 9.99. The number of carboxylic acids is 1. The normalized spacial score (nSPS) is 13.0. The Bertz CT molecular complexity index is 109. The van der Waals surface area contributed by atoms with Crippen LogP contribution < -0.4 is 5.73 Å². The fourth-order valence-corrected chi connectivity index (χ4v) is 0.336. The van der Waals surface area contributed by atoms with Crippen LogP contribution in [0.25, 0.3) is 0 Å². The van der Waals surface area contributed by atoms with Gasteiger partial charge < -0.3 is 15.6 Å². The average Bonchev–Trinajstić information content (AvgIpc) is 1.88. The van der Waals surface area contributed by atoms with Gasteiger partial charge in [-0.2, -0.15) is 0 Å². The molecule has 0 aromatic rings. The third-order valence-electron chi connectivity index (χ3n) is 0.836. The molecule has 0 saturated heterocycles. The molecule has 0 aliphatic heterocycles. The fourth-order valence-electron chi connectivity index (χ4n) is 0.336. The van der Waals surface area contributed by atoms with Crippen molar-refractivity contribution in [2.45, 2.75) is 6.04 Å². The van der Waals surface area contributed by atoms with E-state index in [1.54, 1.807) is 0 Å². The number of alkyl halides is 1. The quantitative estimate of drug-likeness (QED) is 0.514. The smallest absolute Gasteiger partial charge is 0.322 e. The van der Waals surface area contributed by atoms with Gasteiger partial charge in [0.15, 0.2) is 0 Å². The van der Waals surface area contributed by atoms with Crippen LogP contribution in [0.4, 0.5) is 4.39 Å². The molecule has 0 amide bonds. The molecule has 60 valence electrons. The number of hydrogen-bond donors (Lipinski definition) is 2. The molecule has 0 fully saturated rings. The van der Waals surface area contributed by atoms with E-state index in [-0.39, 0.29) is 13.2 Å². The molecule has 0 aromatic heterocycles. The Kier molecular flexibility index (Phi) is 4.78. The first-order valence-electron chi connectivity index (χ1n) is 2.80. The Morgan fingerprint density at radius 3 is 2.80 bits per heavy atom. The predicted molar refractivity (Wildman–Crippen MR) is 32.4 cm³/mol. The maximum Gasteiger partial charge on any atom is 0.322 e. The molecular weight excluding hydrogens is 141 g/mol. The van der Waals surface area contributed by atoms with Gasteiger partial charge in [0, 0.05) is 0 Å². The second kappa shape index (κ2) is 5.13. The Labute approximate surface area is 57.8 Å². The van der Waals surface area contributed by atoms with E-state index in [1.807, 2.05) is 0 Å². The number of halogens is 1. The predicted octanol–water partition coefficient (Wildman–Crippen LogP) is -0.616. The lowest BCUT2D eigenvalue weighted by molar-refractivity contribution is -0.140. The lowest BCUT2D eigenvalue weighted by Crippen LogP contribution is -2.35. The lowest BCUT2D eigenvalue weighted by Gasteiger charge is -2.04. The highest BCUT2D eigenvalue weighted by atomic mass is 19.1. The van der Waals surface area contributed by atoms with Crippen molar-refractivity contribution >= 4 is 5.97 Å². The summed E-state index contributed by atoms with van der Waals surface area (Å²) in [7, 11) is 0. The molecule has 0 saturated carbocycles. The van der Waals surface area contributed by atoms with Crippen molar-refractivity contribution in [3.8, 4) is 0 Å². The molecule has 0 radical (unpaired) electrons. The molecule has 0 bridgehead atoms. The summed E-state index contributed by atoms with van der Waals surface area (Å²) in [6.45, 7) is -0.855. The van der Waals surface area contributed by atoms with Crippen molar-refractivity contribution in [3.63, 3.8) is 0 Å². The Morgan fingerprint density at radius 2 is 2.40 bits per heavy atom. The van der Waals surface area contributed by atoms with E-state index in [2.05, 4.69) is 4.74 Å². The van der Waals surface area contributed by atoms with Crippen LogP contribution >= 0.6 is 0 Å². The van der Waals surface area contributed by atoms with E-state index < -0.39 is 18.7 Å². The van der Waals surface area contributed by atoms with Crippen LogP contribution in [0, 0.1) is 0 Å². The van der Waals surface area contributed by atoms with Gasteiger partial charge in [0.05, 0.1) is 13.2 Å². The molecule has 0 spiro atoms. The van der Waals surface area contributed by atoms with Crippen LogP contribution in [0.15, 0.2) is 0 Å². The Balaban J connectivity index is 3.21. The van der Waals surface area contributed by atoms with Gasteiger partial charge in [-0.1, -0.05) is 0 Å². The van der Waals surface area contributed by atoms with Gasteiger partial charge in [0.2, 0.25) is 0 Å². The maximum absolute atomic E-state index is 11.3. The highest BCUT2D eigenvalue weighted by Gasteiger charge is 2.10. The molecule has 5 heteroatoms. The molecule has 10 heavy (non-hydrogen) atoms. The molecule has 0 heterocycles. The van der Waals surface area contributed by atoms with Crippen molar-refractivity contribution in [1.29, 1.82) is 0 Å². The minimum absolute atomic E-state index is 0.0962. The second-order valence-electron chi connectivity index (χ2n) is 1.71. The molecule has 1 atom stereocenters. The molecule has 0 rings (SSSR count). The highest BCUT2D eigenvalue weighted by molar-refractivity contribution is 5.73. The van der Waals surface area contributed by atoms with E-state index in [1.165, 1.54) is 0 Å². The van der Waals surface area contributed by atoms with Crippen molar-refractivity contribution in [2.75, 3.05) is 19.9 Å². The van der Waals surface area contributed by atoms with Gasteiger partial charge >= 0.3 is 5.97 Å². The number of rotatable bonds is 5. The summed E-state index contributed by atoms with van der Waals surface area (Å²) in [6, 6.07) is -1.05. The van der Waals surface area contributed by atoms with Gasteiger partial charge in [-0.25, -0.2) is 4.39 Å². The first kappa shape index (κ1) is 9.32. The topological polar surface area (TPSA) is 72.5 Å². The molecule has 0 aliphatic rings. The van der Waals surface area contributed by atoms with E-state index >= 15 is 0 Å². The van der Waals surface area contributed by atoms with Gasteiger partial charge in [-0.15, -0.1) is 0 Å². The van der Waals surface area contributed by atoms with Crippen LogP contribution in [0.5, 0.6) is 0 Å². The minimum Gasteiger partial charge on any atom is -0.480 e. The standard InChI is InChI=1S/C5H10FNO3/c6-1-2-10-3-4(7)5(8)9/h4H,1-3,7H2,(H,8,9)/t4-/m0/s1. The molecule has 0 unspecified atom stereocenters. The molecule has 0 aliphatic carbocycles. The number of ether oxygens (including phenoxy) is 1. The van der Waals surface area contributed by atoms with E-state index in [9.17, 15) is 9.18 Å². The summed E-state index contributed by atoms with van der Waals surface area (Å²) < 4.78 is 15.9. The van der Waals surface area contributed by atoms with Crippen molar-refractivity contribution in [3.05, 3.63) is 0 Å². The van der Waals surface area contributed by atoms with Crippen molar-refractivity contribution < 1.29 is 19.0 Å². The zero-order chi connectivity index (χ0) is 7.98. The third kappa shape index (κ3) is 4.22. The highest BCUT2D eigenvalue weighted by Crippen LogP contribution is 1.82. The van der Waals surface area contributed by atoms with Crippen LogP contribution in [0.3, 0.4) is 0 Å². The number of carboxylic acid groups (broad SMARTS) is 1. The largest absolute Gasteiger partial charge is 0.480 e. The van der Waals surface area contributed by atoms with E-state index in [0.29, 0.717) is 0 Å². The van der Waals surface area contributed by atoms with Crippen molar-refractivity contribution in [2.24, 2.45) is 5.73 Å². The fraction of sp³-hybridized carbons (Fsp3) is 0.800. The molecule has 0 aromatic carbocycles. The van der Waals surface area contributed by atoms with Crippen LogP contribution in [0.1, 0.15) is 0 Å². The van der Waals surface area contributed by atoms with Gasteiger partial charge in [0.1, 0.15) is 12.7 Å². The molecular formula is C5H10FNO3. The zero-order valence-corrected chi connectivity index (χ0v) is 5.42. The van der Waals surface area contributed by atoms with Gasteiger partial charge in [-0.3, -0.25) is 4.79 Å². The zero-order valence-electron chi connectivity index (χ0n) is 5.42. The first-order chi connectivity index (χ1) is 4.68. The Morgan fingerprint density at radius 1 is 1.80 bits per heavy atom.